The highest BCUT2D eigenvalue weighted by Crippen LogP contribution is 2.17. The Hall–Kier alpha value is -2.90. The molecule has 8 heteroatoms. The monoisotopic (exact) mass is 358 g/mol. The lowest BCUT2D eigenvalue weighted by atomic mass is 10.0. The summed E-state index contributed by atoms with van der Waals surface area (Å²) in [5.74, 6) is -0.794. The maximum atomic E-state index is 12.8. The minimum atomic E-state index is -0.551. The first-order chi connectivity index (χ1) is 12.4. The third-order valence-electron chi connectivity index (χ3n) is 4.44. The molecular weight excluding hydrogens is 336 g/mol. The van der Waals surface area contributed by atoms with Gasteiger partial charge >= 0.3 is 11.7 Å². The van der Waals surface area contributed by atoms with E-state index in [1.165, 1.54) is 4.57 Å². The number of hydrogen-bond acceptors (Lipinski definition) is 5. The molecule has 8 nitrogen and oxygen atoms in total. The van der Waals surface area contributed by atoms with Crippen LogP contribution in [-0.4, -0.2) is 44.3 Å². The third-order valence-corrected chi connectivity index (χ3v) is 4.44. The highest BCUT2D eigenvalue weighted by Gasteiger charge is 2.30. The van der Waals surface area contributed by atoms with Crippen LogP contribution in [0, 0.1) is 13.8 Å². The van der Waals surface area contributed by atoms with E-state index in [0.717, 1.165) is 21.4 Å². The predicted molar refractivity (Wildman–Crippen MR) is 93.8 cm³/mol. The Kier molecular flexibility index (Phi) is 4.92. The summed E-state index contributed by atoms with van der Waals surface area (Å²) in [4.78, 5) is 38.4. The van der Waals surface area contributed by atoms with Crippen LogP contribution in [0.1, 0.15) is 34.2 Å². The Labute approximate surface area is 151 Å². The molecule has 0 bridgehead atoms. The van der Waals surface area contributed by atoms with Crippen LogP contribution in [0.3, 0.4) is 0 Å². The molecule has 2 aromatic rings. The molecule has 3 rings (SSSR count). The zero-order chi connectivity index (χ0) is 18.8. The number of aryl methyl sites for hydroxylation is 2. The van der Waals surface area contributed by atoms with Crippen LogP contribution < -0.4 is 5.69 Å². The van der Waals surface area contributed by atoms with Gasteiger partial charge in [0.05, 0.1) is 6.61 Å². The summed E-state index contributed by atoms with van der Waals surface area (Å²) in [6, 6.07) is 6.12. The smallest absolute Gasteiger partial charge is 0.346 e. The molecule has 1 amide bonds. The van der Waals surface area contributed by atoms with Crippen LogP contribution in [-0.2, 0) is 29.2 Å². The minimum absolute atomic E-state index is 0.0656. The standard InChI is InChI=1S/C18H22N4O4/c1-4-26-15(23)11-22-18(25)21-8-7-20(17(24)16(21)19-22)10-14-9-12(2)5-6-13(14)3/h5-6,9H,4,7-8,10-11H2,1-3H3. The molecule has 138 valence electrons. The molecule has 0 unspecified atom stereocenters. The normalized spacial score (nSPS) is 13.7. The van der Waals surface area contributed by atoms with Crippen molar-refractivity contribution in [1.82, 2.24) is 19.2 Å². The fourth-order valence-corrected chi connectivity index (χ4v) is 3.02. The fraction of sp³-hybridized carbons (Fsp3) is 0.444. The first-order valence-electron chi connectivity index (χ1n) is 8.59. The van der Waals surface area contributed by atoms with Gasteiger partial charge in [0, 0.05) is 19.6 Å². The van der Waals surface area contributed by atoms with Gasteiger partial charge in [-0.2, -0.15) is 0 Å². The van der Waals surface area contributed by atoms with Crippen LogP contribution in [0.25, 0.3) is 0 Å². The maximum Gasteiger partial charge on any atom is 0.346 e. The van der Waals surface area contributed by atoms with Gasteiger partial charge in [0.2, 0.25) is 5.82 Å². The van der Waals surface area contributed by atoms with Crippen molar-refractivity contribution in [1.29, 1.82) is 0 Å². The molecule has 0 saturated carbocycles. The van der Waals surface area contributed by atoms with E-state index < -0.39 is 11.7 Å². The Morgan fingerprint density at radius 2 is 2.00 bits per heavy atom. The number of carbonyl (C=O) groups excluding carboxylic acids is 2. The summed E-state index contributed by atoms with van der Waals surface area (Å²) >= 11 is 0. The van der Waals surface area contributed by atoms with Crippen LogP contribution in [0.2, 0.25) is 0 Å². The maximum absolute atomic E-state index is 12.8. The first kappa shape index (κ1) is 17.9. The van der Waals surface area contributed by atoms with Crippen molar-refractivity contribution < 1.29 is 14.3 Å². The average molecular weight is 358 g/mol. The number of nitrogens with zero attached hydrogens (tertiary/aromatic N) is 4. The third kappa shape index (κ3) is 3.40. The van der Waals surface area contributed by atoms with Crippen molar-refractivity contribution in [2.45, 2.75) is 40.4 Å². The Balaban J connectivity index is 1.83. The summed E-state index contributed by atoms with van der Waals surface area (Å²) < 4.78 is 7.15. The fourth-order valence-electron chi connectivity index (χ4n) is 3.02. The van der Waals surface area contributed by atoms with Crippen molar-refractivity contribution in [2.24, 2.45) is 0 Å². The Morgan fingerprint density at radius 3 is 2.73 bits per heavy atom. The molecular formula is C18H22N4O4. The highest BCUT2D eigenvalue weighted by atomic mass is 16.5. The van der Waals surface area contributed by atoms with Crippen molar-refractivity contribution >= 4 is 11.9 Å². The van der Waals surface area contributed by atoms with Gasteiger partial charge in [0.1, 0.15) is 6.54 Å². The number of fused-ring (bicyclic) bond motifs is 1. The second-order valence-corrected chi connectivity index (χ2v) is 6.38. The SMILES string of the molecule is CCOC(=O)Cn1nc2n(c1=O)CCN(Cc1cc(C)ccc1C)C2=O. The highest BCUT2D eigenvalue weighted by molar-refractivity contribution is 5.91. The van der Waals surface area contributed by atoms with Crippen LogP contribution >= 0.6 is 0 Å². The zero-order valence-corrected chi connectivity index (χ0v) is 15.2. The number of benzene rings is 1. The molecule has 1 aromatic heterocycles. The number of hydrogen-bond donors (Lipinski definition) is 0. The van der Waals surface area contributed by atoms with Crippen molar-refractivity contribution in [2.75, 3.05) is 13.2 Å². The van der Waals surface area contributed by atoms with Crippen LogP contribution in [0.5, 0.6) is 0 Å². The van der Waals surface area contributed by atoms with Gasteiger partial charge in [-0.3, -0.25) is 14.2 Å². The second kappa shape index (κ2) is 7.15. The van der Waals surface area contributed by atoms with E-state index in [9.17, 15) is 14.4 Å². The lowest BCUT2D eigenvalue weighted by molar-refractivity contribution is -0.144. The van der Waals surface area contributed by atoms with E-state index in [2.05, 4.69) is 11.2 Å². The van der Waals surface area contributed by atoms with Crippen molar-refractivity contribution in [3.8, 4) is 0 Å². The molecule has 0 spiro atoms. The molecule has 1 aliphatic heterocycles. The van der Waals surface area contributed by atoms with Gasteiger partial charge in [-0.15, -0.1) is 5.10 Å². The number of esters is 1. The van der Waals surface area contributed by atoms with Gasteiger partial charge in [0.15, 0.2) is 0 Å². The molecule has 0 saturated heterocycles. The van der Waals surface area contributed by atoms with Crippen molar-refractivity contribution in [3.05, 3.63) is 51.2 Å². The van der Waals surface area contributed by atoms with Gasteiger partial charge in [-0.05, 0) is 31.9 Å². The number of rotatable bonds is 5. The minimum Gasteiger partial charge on any atom is -0.465 e. The lowest BCUT2D eigenvalue weighted by Gasteiger charge is -2.27. The lowest BCUT2D eigenvalue weighted by Crippen LogP contribution is -2.42. The summed E-state index contributed by atoms with van der Waals surface area (Å²) in [5, 5.41) is 4.06. The van der Waals surface area contributed by atoms with E-state index in [0.29, 0.717) is 19.6 Å². The predicted octanol–water partition coefficient (Wildman–Crippen LogP) is 0.881. The van der Waals surface area contributed by atoms with Gasteiger partial charge in [-0.1, -0.05) is 23.8 Å². The summed E-state index contributed by atoms with van der Waals surface area (Å²) in [6.45, 7) is 6.88. The molecule has 0 fully saturated rings. The Morgan fingerprint density at radius 1 is 1.23 bits per heavy atom. The average Bonchev–Trinajstić information content (AvgIpc) is 2.91. The molecule has 1 aromatic carbocycles. The van der Waals surface area contributed by atoms with Crippen LogP contribution in [0.15, 0.2) is 23.0 Å². The molecule has 2 heterocycles. The largest absolute Gasteiger partial charge is 0.465 e. The molecule has 0 radical (unpaired) electrons. The number of aromatic nitrogens is 3. The van der Waals surface area contributed by atoms with E-state index in [4.69, 9.17) is 4.74 Å². The van der Waals surface area contributed by atoms with Crippen molar-refractivity contribution in [3.63, 3.8) is 0 Å². The van der Waals surface area contributed by atoms with Gasteiger partial charge in [-0.25, -0.2) is 9.48 Å². The zero-order valence-electron chi connectivity index (χ0n) is 15.2. The van der Waals surface area contributed by atoms with E-state index in [-0.39, 0.29) is 24.9 Å². The molecule has 0 aliphatic carbocycles. The number of ether oxygens (including phenoxy) is 1. The molecule has 1 aliphatic rings. The topological polar surface area (TPSA) is 86.4 Å². The summed E-state index contributed by atoms with van der Waals surface area (Å²) in [5.41, 5.74) is 2.85. The quantitative estimate of drug-likeness (QED) is 0.741. The van der Waals surface area contributed by atoms with E-state index >= 15 is 0 Å². The van der Waals surface area contributed by atoms with Gasteiger partial charge in [0.25, 0.3) is 5.91 Å². The second-order valence-electron chi connectivity index (χ2n) is 6.38. The van der Waals surface area contributed by atoms with Gasteiger partial charge < -0.3 is 9.64 Å². The number of amides is 1. The Bertz CT molecular complexity index is 912. The first-order valence-corrected chi connectivity index (χ1v) is 8.59. The molecule has 0 N–H and O–H groups in total. The van der Waals surface area contributed by atoms with Crippen LogP contribution in [0.4, 0.5) is 0 Å². The number of carbonyl (C=O) groups is 2. The van der Waals surface area contributed by atoms with E-state index in [1.807, 2.05) is 26.0 Å². The summed E-state index contributed by atoms with van der Waals surface area (Å²) in [6.07, 6.45) is 0. The van der Waals surface area contributed by atoms with E-state index in [1.54, 1.807) is 11.8 Å². The molecule has 26 heavy (non-hydrogen) atoms. The summed E-state index contributed by atoms with van der Waals surface area (Å²) in [7, 11) is 0. The molecule has 0 atom stereocenters.